The molecular weight excluding hydrogens is 228 g/mol. The number of hydrogen-bond acceptors (Lipinski definition) is 5. The summed E-state index contributed by atoms with van der Waals surface area (Å²) in [4.78, 5) is 8.72. The molecule has 0 aliphatic heterocycles. The van der Waals surface area contributed by atoms with Crippen molar-refractivity contribution >= 4 is 0 Å². The summed E-state index contributed by atoms with van der Waals surface area (Å²) in [6.07, 6.45) is 0. The highest BCUT2D eigenvalue weighted by Gasteiger charge is 1.98. The molecule has 112 valence electrons. The van der Waals surface area contributed by atoms with E-state index in [1.165, 1.54) is 0 Å². The molecule has 18 heavy (non-hydrogen) atoms. The Hall–Kier alpha value is -0.200. The second-order valence-electron chi connectivity index (χ2n) is 5.44. The van der Waals surface area contributed by atoms with Crippen LogP contribution in [0.5, 0.6) is 0 Å². The lowest BCUT2D eigenvalue weighted by atomic mass is 10.4. The Kier molecular flexibility index (Phi) is 14.8. The molecule has 0 heterocycles. The van der Waals surface area contributed by atoms with Crippen molar-refractivity contribution < 1.29 is 5.11 Å². The molecule has 1 N–H and O–H groups in total. The first kappa shape index (κ1) is 20.1. The lowest BCUT2D eigenvalue weighted by Crippen LogP contribution is -2.33. The van der Waals surface area contributed by atoms with E-state index in [1.807, 2.05) is 19.0 Å². The maximum absolute atomic E-state index is 8.20. The molecule has 5 nitrogen and oxygen atoms in total. The largest absolute Gasteiger partial charge is 0.395 e. The fraction of sp³-hybridized carbons (Fsp3) is 1.00. The molecule has 0 bridgehead atoms. The van der Waals surface area contributed by atoms with Gasteiger partial charge in [-0.15, -0.1) is 0 Å². The number of rotatable bonds is 8. The molecule has 5 heteroatoms. The molecule has 0 aromatic carbocycles. The van der Waals surface area contributed by atoms with E-state index in [9.17, 15) is 0 Å². The highest BCUT2D eigenvalue weighted by atomic mass is 16.3. The van der Waals surface area contributed by atoms with E-state index in [0.717, 1.165) is 32.7 Å². The van der Waals surface area contributed by atoms with Gasteiger partial charge in [0.05, 0.1) is 6.61 Å². The molecule has 0 rings (SSSR count). The van der Waals surface area contributed by atoms with E-state index >= 15 is 0 Å². The van der Waals surface area contributed by atoms with Crippen molar-refractivity contribution in [2.75, 3.05) is 88.7 Å². The summed E-state index contributed by atoms with van der Waals surface area (Å²) in [5.74, 6) is 0. The summed E-state index contributed by atoms with van der Waals surface area (Å²) in [6.45, 7) is 5.61. The minimum absolute atomic E-state index is 0.257. The first-order valence-electron chi connectivity index (χ1n) is 6.53. The van der Waals surface area contributed by atoms with E-state index in [-0.39, 0.29) is 6.61 Å². The maximum atomic E-state index is 8.20. The fourth-order valence-corrected chi connectivity index (χ4v) is 1.05. The predicted molar refractivity (Wildman–Crippen MR) is 80.2 cm³/mol. The number of nitrogens with zero attached hydrogens (tertiary/aromatic N) is 4. The van der Waals surface area contributed by atoms with Crippen LogP contribution in [0.15, 0.2) is 0 Å². The topological polar surface area (TPSA) is 33.2 Å². The maximum Gasteiger partial charge on any atom is 0.0558 e. The smallest absolute Gasteiger partial charge is 0.0558 e. The van der Waals surface area contributed by atoms with Gasteiger partial charge in [-0.2, -0.15) is 0 Å². The van der Waals surface area contributed by atoms with Gasteiger partial charge in [0.15, 0.2) is 0 Å². The lowest BCUT2D eigenvalue weighted by molar-refractivity contribution is 0.243. The molecule has 0 amide bonds. The molecule has 0 saturated heterocycles. The number of aliphatic hydroxyl groups excluding tert-OH is 1. The van der Waals surface area contributed by atoms with Crippen LogP contribution >= 0.6 is 0 Å². The summed E-state index contributed by atoms with van der Waals surface area (Å²) < 4.78 is 0. The van der Waals surface area contributed by atoms with Crippen molar-refractivity contribution in [2.45, 2.75) is 0 Å². The minimum atomic E-state index is 0.257. The van der Waals surface area contributed by atoms with Gasteiger partial charge < -0.3 is 24.7 Å². The number of aliphatic hydroxyl groups is 1. The van der Waals surface area contributed by atoms with E-state index in [2.05, 4.69) is 49.9 Å². The normalized spacial score (nSPS) is 11.3. The van der Waals surface area contributed by atoms with Gasteiger partial charge >= 0.3 is 0 Å². The van der Waals surface area contributed by atoms with Gasteiger partial charge in [0, 0.05) is 32.7 Å². The van der Waals surface area contributed by atoms with Crippen molar-refractivity contribution in [1.82, 2.24) is 19.6 Å². The van der Waals surface area contributed by atoms with Crippen LogP contribution in [-0.2, 0) is 0 Å². The van der Waals surface area contributed by atoms with Gasteiger partial charge in [-0.05, 0) is 49.3 Å². The van der Waals surface area contributed by atoms with Crippen LogP contribution in [0.1, 0.15) is 0 Å². The summed E-state index contributed by atoms with van der Waals surface area (Å²) >= 11 is 0. The van der Waals surface area contributed by atoms with Crippen LogP contribution in [-0.4, -0.2) is 113 Å². The molecule has 0 fully saturated rings. The Morgan fingerprint density at radius 2 is 0.889 bits per heavy atom. The van der Waals surface area contributed by atoms with E-state index in [1.54, 1.807) is 0 Å². The van der Waals surface area contributed by atoms with Gasteiger partial charge in [0.2, 0.25) is 0 Å². The highest BCUT2D eigenvalue weighted by molar-refractivity contribution is 4.55. The third kappa shape index (κ3) is 21.1. The molecule has 0 atom stereocenters. The molecule has 0 unspecified atom stereocenters. The average molecular weight is 262 g/mol. The SMILES string of the molecule is CN(C)CCN(C)CCN(C)C.CN(C)CCO. The van der Waals surface area contributed by atoms with Gasteiger partial charge in [-0.25, -0.2) is 0 Å². The zero-order valence-electron chi connectivity index (χ0n) is 13.5. The molecule has 0 radical (unpaired) electrons. The second kappa shape index (κ2) is 13.2. The third-order valence-electron chi connectivity index (χ3n) is 2.41. The second-order valence-corrected chi connectivity index (χ2v) is 5.44. The molecule has 0 saturated carbocycles. The molecular formula is C13H34N4O. The lowest BCUT2D eigenvalue weighted by Gasteiger charge is -2.20. The van der Waals surface area contributed by atoms with Gasteiger partial charge in [0.25, 0.3) is 0 Å². The van der Waals surface area contributed by atoms with Crippen molar-refractivity contribution in [3.63, 3.8) is 0 Å². The van der Waals surface area contributed by atoms with Crippen LogP contribution in [0, 0.1) is 0 Å². The van der Waals surface area contributed by atoms with Crippen LogP contribution in [0.2, 0.25) is 0 Å². The summed E-state index contributed by atoms with van der Waals surface area (Å²) in [5.41, 5.74) is 0. The van der Waals surface area contributed by atoms with Crippen molar-refractivity contribution in [3.05, 3.63) is 0 Å². The van der Waals surface area contributed by atoms with E-state index < -0.39 is 0 Å². The van der Waals surface area contributed by atoms with Gasteiger partial charge in [0.1, 0.15) is 0 Å². The zero-order valence-corrected chi connectivity index (χ0v) is 13.5. The van der Waals surface area contributed by atoms with Gasteiger partial charge in [-0.3, -0.25) is 0 Å². The Balaban J connectivity index is 0. The standard InChI is InChI=1S/C9H23N3.C4H11NO/c1-10(2)6-8-12(5)9-7-11(3)4;1-5(2)3-4-6/h6-9H2,1-5H3;6H,3-4H2,1-2H3. The predicted octanol–water partition coefficient (Wildman–Crippen LogP) is -0.418. The van der Waals surface area contributed by atoms with Gasteiger partial charge in [-0.1, -0.05) is 0 Å². The summed E-state index contributed by atoms with van der Waals surface area (Å²) in [6, 6.07) is 0. The first-order valence-corrected chi connectivity index (χ1v) is 6.53. The first-order chi connectivity index (χ1) is 8.29. The Bertz CT molecular complexity index is 151. The molecule has 0 aromatic heterocycles. The minimum Gasteiger partial charge on any atom is -0.395 e. The van der Waals surface area contributed by atoms with Crippen LogP contribution in [0.4, 0.5) is 0 Å². The van der Waals surface area contributed by atoms with Crippen LogP contribution in [0.25, 0.3) is 0 Å². The van der Waals surface area contributed by atoms with Crippen molar-refractivity contribution in [3.8, 4) is 0 Å². The van der Waals surface area contributed by atoms with Crippen LogP contribution in [0.3, 0.4) is 0 Å². The van der Waals surface area contributed by atoms with Crippen molar-refractivity contribution in [1.29, 1.82) is 0 Å². The fourth-order valence-electron chi connectivity index (χ4n) is 1.05. The monoisotopic (exact) mass is 262 g/mol. The molecule has 0 spiro atoms. The van der Waals surface area contributed by atoms with Crippen LogP contribution < -0.4 is 0 Å². The molecule has 0 aliphatic carbocycles. The quantitative estimate of drug-likeness (QED) is 0.643. The Morgan fingerprint density at radius 3 is 1.06 bits per heavy atom. The Labute approximate surface area is 114 Å². The van der Waals surface area contributed by atoms with E-state index in [4.69, 9.17) is 5.11 Å². The van der Waals surface area contributed by atoms with Crippen molar-refractivity contribution in [2.24, 2.45) is 0 Å². The molecule has 0 aliphatic rings. The Morgan fingerprint density at radius 1 is 0.556 bits per heavy atom. The summed E-state index contributed by atoms with van der Waals surface area (Å²) in [5, 5.41) is 8.20. The zero-order chi connectivity index (χ0) is 14.6. The number of hydrogen-bond donors (Lipinski definition) is 1. The third-order valence-corrected chi connectivity index (χ3v) is 2.41. The number of likely N-dealkylation sites (N-methyl/N-ethyl adjacent to an activating group) is 4. The van der Waals surface area contributed by atoms with E-state index in [0.29, 0.717) is 0 Å². The molecule has 0 aromatic rings. The average Bonchev–Trinajstić information content (AvgIpc) is 2.24. The summed E-state index contributed by atoms with van der Waals surface area (Å²) in [7, 11) is 14.5. The highest BCUT2D eigenvalue weighted by Crippen LogP contribution is 1.84.